The molecule has 8 heteroatoms. The highest BCUT2D eigenvalue weighted by Crippen LogP contribution is 2.19. The largest absolute Gasteiger partial charge is 0.422 e. The third-order valence-corrected chi connectivity index (χ3v) is 4.56. The van der Waals surface area contributed by atoms with Crippen molar-refractivity contribution < 1.29 is 18.7 Å². The lowest BCUT2D eigenvalue weighted by Crippen LogP contribution is -2.39. The number of carbonyl (C=O) groups excluding carboxylic acids is 2. The Morgan fingerprint density at radius 1 is 1.15 bits per heavy atom. The number of amides is 2. The van der Waals surface area contributed by atoms with Crippen molar-refractivity contribution in [1.82, 2.24) is 9.80 Å². The Bertz CT molecular complexity index is 895. The van der Waals surface area contributed by atoms with E-state index in [2.05, 4.69) is 0 Å². The number of halogens is 1. The molecule has 2 amide bonds. The second kappa shape index (κ2) is 7.88. The molecule has 0 N–H and O–H groups in total. The van der Waals surface area contributed by atoms with Crippen molar-refractivity contribution >= 4 is 34.4 Å². The highest BCUT2D eigenvalue weighted by atomic mass is 35.5. The second-order valence-electron chi connectivity index (χ2n) is 6.09. The van der Waals surface area contributed by atoms with Crippen LogP contribution in [-0.4, -0.2) is 61.5 Å². The number of hydrogen-bond acceptors (Lipinski definition) is 5. The maximum Gasteiger partial charge on any atom is 0.349 e. The summed E-state index contributed by atoms with van der Waals surface area (Å²) in [6.45, 7) is 1.78. The van der Waals surface area contributed by atoms with Gasteiger partial charge in [-0.1, -0.05) is 11.6 Å². The molecule has 0 bridgehead atoms. The summed E-state index contributed by atoms with van der Waals surface area (Å²) >= 11 is 5.97. The fourth-order valence-electron chi connectivity index (χ4n) is 3.00. The van der Waals surface area contributed by atoms with Crippen molar-refractivity contribution in [3.63, 3.8) is 0 Å². The Morgan fingerprint density at radius 3 is 2.65 bits per heavy atom. The van der Waals surface area contributed by atoms with Gasteiger partial charge in [0.15, 0.2) is 0 Å². The van der Waals surface area contributed by atoms with Crippen LogP contribution in [0.5, 0.6) is 0 Å². The molecule has 2 heterocycles. The molecule has 0 spiro atoms. The molecule has 2 aromatic rings. The van der Waals surface area contributed by atoms with Crippen LogP contribution in [0.2, 0.25) is 5.02 Å². The van der Waals surface area contributed by atoms with E-state index in [9.17, 15) is 14.4 Å². The average molecular weight is 379 g/mol. The Morgan fingerprint density at radius 2 is 1.88 bits per heavy atom. The molecule has 1 aromatic heterocycles. The maximum absolute atomic E-state index is 12.8. The van der Waals surface area contributed by atoms with Gasteiger partial charge in [0.2, 0.25) is 5.91 Å². The summed E-state index contributed by atoms with van der Waals surface area (Å²) in [5.74, 6) is -0.511. The number of rotatable bonds is 3. The molecular formula is C18H19ClN2O5. The minimum Gasteiger partial charge on any atom is -0.422 e. The van der Waals surface area contributed by atoms with Gasteiger partial charge in [0.25, 0.3) is 5.91 Å². The van der Waals surface area contributed by atoms with E-state index in [-0.39, 0.29) is 18.1 Å². The van der Waals surface area contributed by atoms with E-state index in [1.807, 2.05) is 0 Å². The molecule has 138 valence electrons. The Hall–Kier alpha value is -2.38. The zero-order valence-corrected chi connectivity index (χ0v) is 15.1. The molecule has 0 atom stereocenters. The molecule has 1 fully saturated rings. The van der Waals surface area contributed by atoms with Crippen LogP contribution in [0.1, 0.15) is 16.8 Å². The van der Waals surface area contributed by atoms with Crippen molar-refractivity contribution in [3.8, 4) is 0 Å². The zero-order chi connectivity index (χ0) is 18.7. The van der Waals surface area contributed by atoms with E-state index in [1.54, 1.807) is 28.0 Å². The molecule has 26 heavy (non-hydrogen) atoms. The van der Waals surface area contributed by atoms with Gasteiger partial charge in [0.05, 0.1) is 0 Å². The predicted octanol–water partition coefficient (Wildman–Crippen LogP) is 1.77. The van der Waals surface area contributed by atoms with Crippen LogP contribution in [0.3, 0.4) is 0 Å². The van der Waals surface area contributed by atoms with Gasteiger partial charge in [0, 0.05) is 43.7 Å². The van der Waals surface area contributed by atoms with Gasteiger partial charge in [-0.15, -0.1) is 0 Å². The monoisotopic (exact) mass is 378 g/mol. The summed E-state index contributed by atoms with van der Waals surface area (Å²) in [7, 11) is 1.47. The van der Waals surface area contributed by atoms with E-state index >= 15 is 0 Å². The molecule has 1 aliphatic heterocycles. The lowest BCUT2D eigenvalue weighted by molar-refractivity contribution is -0.135. The third kappa shape index (κ3) is 3.89. The van der Waals surface area contributed by atoms with Crippen LogP contribution in [0.25, 0.3) is 11.0 Å². The van der Waals surface area contributed by atoms with Crippen molar-refractivity contribution in [2.75, 3.05) is 39.9 Å². The SMILES string of the molecule is COCC(=O)N1CCCN(C(=O)c2cc3cc(Cl)ccc3oc2=O)CC1. The number of benzene rings is 1. The van der Waals surface area contributed by atoms with Crippen molar-refractivity contribution in [2.24, 2.45) is 0 Å². The lowest BCUT2D eigenvalue weighted by atomic mass is 10.1. The van der Waals surface area contributed by atoms with Crippen molar-refractivity contribution in [3.05, 3.63) is 45.3 Å². The molecule has 1 aromatic carbocycles. The fraction of sp³-hybridized carbons (Fsp3) is 0.389. The first-order chi connectivity index (χ1) is 12.5. The number of methoxy groups -OCH3 is 1. The van der Waals surface area contributed by atoms with Crippen molar-refractivity contribution in [2.45, 2.75) is 6.42 Å². The molecule has 7 nitrogen and oxygen atoms in total. The van der Waals surface area contributed by atoms with Crippen LogP contribution >= 0.6 is 11.6 Å². The van der Waals surface area contributed by atoms with Crippen LogP contribution < -0.4 is 5.63 Å². The topological polar surface area (TPSA) is 80.1 Å². The fourth-order valence-corrected chi connectivity index (χ4v) is 3.18. The first kappa shape index (κ1) is 18.4. The Labute approximate surface area is 155 Å². The smallest absolute Gasteiger partial charge is 0.349 e. The number of carbonyl (C=O) groups is 2. The first-order valence-corrected chi connectivity index (χ1v) is 8.67. The Kier molecular flexibility index (Phi) is 5.58. The Balaban J connectivity index is 1.81. The predicted molar refractivity (Wildman–Crippen MR) is 96.5 cm³/mol. The van der Waals surface area contributed by atoms with Crippen LogP contribution in [0, 0.1) is 0 Å². The molecule has 1 saturated heterocycles. The summed E-state index contributed by atoms with van der Waals surface area (Å²) in [4.78, 5) is 40.2. The van der Waals surface area contributed by atoms with Crippen LogP contribution in [0.15, 0.2) is 33.5 Å². The highest BCUT2D eigenvalue weighted by Gasteiger charge is 2.25. The van der Waals surface area contributed by atoms with Gasteiger partial charge in [0.1, 0.15) is 17.8 Å². The second-order valence-corrected chi connectivity index (χ2v) is 6.53. The average Bonchev–Trinajstić information content (AvgIpc) is 2.87. The van der Waals surface area contributed by atoms with Gasteiger partial charge in [-0.2, -0.15) is 0 Å². The summed E-state index contributed by atoms with van der Waals surface area (Å²) in [5, 5.41) is 1.08. The van der Waals surface area contributed by atoms with Gasteiger partial charge in [-0.25, -0.2) is 4.79 Å². The standard InChI is InChI=1S/C18H19ClN2O5/c1-25-11-16(22)20-5-2-6-21(8-7-20)17(23)14-10-12-9-13(19)3-4-15(12)26-18(14)24/h3-4,9-10H,2,5-8,11H2,1H3. The number of fused-ring (bicyclic) bond motifs is 1. The summed E-state index contributed by atoms with van der Waals surface area (Å²) in [6.07, 6.45) is 0.631. The van der Waals surface area contributed by atoms with Crippen molar-refractivity contribution in [1.29, 1.82) is 0 Å². The van der Waals surface area contributed by atoms with E-state index in [0.717, 1.165) is 0 Å². The minimum absolute atomic E-state index is 0.0168. The lowest BCUT2D eigenvalue weighted by Gasteiger charge is -2.21. The first-order valence-electron chi connectivity index (χ1n) is 8.29. The highest BCUT2D eigenvalue weighted by molar-refractivity contribution is 6.31. The summed E-state index contributed by atoms with van der Waals surface area (Å²) in [5.41, 5.74) is -0.332. The van der Waals surface area contributed by atoms with Gasteiger partial charge in [-0.05, 0) is 30.7 Å². The maximum atomic E-state index is 12.8. The normalized spacial score (nSPS) is 15.2. The molecule has 0 radical (unpaired) electrons. The quantitative estimate of drug-likeness (QED) is 0.760. The van der Waals surface area contributed by atoms with E-state index in [4.69, 9.17) is 20.8 Å². The molecule has 3 rings (SSSR count). The molecule has 0 unspecified atom stereocenters. The van der Waals surface area contributed by atoms with Crippen LogP contribution in [0.4, 0.5) is 0 Å². The number of ether oxygens (including phenoxy) is 1. The molecule has 1 aliphatic rings. The van der Waals surface area contributed by atoms with E-state index in [1.165, 1.54) is 13.2 Å². The minimum atomic E-state index is -0.679. The summed E-state index contributed by atoms with van der Waals surface area (Å²) in [6, 6.07) is 6.37. The van der Waals surface area contributed by atoms with Gasteiger partial charge in [-0.3, -0.25) is 9.59 Å². The third-order valence-electron chi connectivity index (χ3n) is 4.33. The number of hydrogen-bond donors (Lipinski definition) is 0. The van der Waals surface area contributed by atoms with Gasteiger partial charge < -0.3 is 19.0 Å². The van der Waals surface area contributed by atoms with E-state index in [0.29, 0.717) is 48.6 Å². The zero-order valence-electron chi connectivity index (χ0n) is 14.4. The molecule has 0 saturated carbocycles. The summed E-state index contributed by atoms with van der Waals surface area (Å²) < 4.78 is 10.1. The van der Waals surface area contributed by atoms with Gasteiger partial charge >= 0.3 is 5.63 Å². The molecule has 0 aliphatic carbocycles. The number of nitrogens with zero attached hydrogens (tertiary/aromatic N) is 2. The molecular weight excluding hydrogens is 360 g/mol. The van der Waals surface area contributed by atoms with E-state index < -0.39 is 11.5 Å². The van der Waals surface area contributed by atoms with Crippen LogP contribution in [-0.2, 0) is 9.53 Å².